The number of urea groups is 1. The minimum atomic E-state index is -4.49. The SMILES string of the molecule is Cc1ccc2c(c1)S(=O)(=O)N=C(CN1CCN(C(=O)Nc3cccc(C(F)(F)F)c3)CC1)N2. The van der Waals surface area contributed by atoms with Crippen molar-refractivity contribution in [3.8, 4) is 0 Å². The lowest BCUT2D eigenvalue weighted by Crippen LogP contribution is -2.51. The Labute approximate surface area is 189 Å². The summed E-state index contributed by atoms with van der Waals surface area (Å²) in [6, 6.07) is 9.06. The summed E-state index contributed by atoms with van der Waals surface area (Å²) in [6.45, 7) is 3.64. The second kappa shape index (κ2) is 8.67. The van der Waals surface area contributed by atoms with E-state index in [9.17, 15) is 26.4 Å². The molecule has 0 spiro atoms. The van der Waals surface area contributed by atoms with Gasteiger partial charge in [0, 0.05) is 31.9 Å². The second-order valence-corrected chi connectivity index (χ2v) is 9.48. The molecule has 2 heterocycles. The van der Waals surface area contributed by atoms with Crippen LogP contribution in [0.1, 0.15) is 11.1 Å². The number of anilines is 2. The van der Waals surface area contributed by atoms with Crippen molar-refractivity contribution < 1.29 is 26.4 Å². The highest BCUT2D eigenvalue weighted by molar-refractivity contribution is 7.90. The number of amides is 2. The lowest BCUT2D eigenvalue weighted by molar-refractivity contribution is -0.137. The monoisotopic (exact) mass is 481 g/mol. The highest BCUT2D eigenvalue weighted by atomic mass is 32.2. The zero-order valence-electron chi connectivity index (χ0n) is 17.7. The molecule has 1 saturated heterocycles. The van der Waals surface area contributed by atoms with Gasteiger partial charge in [0.2, 0.25) is 0 Å². The number of amidine groups is 1. The first-order valence-electron chi connectivity index (χ1n) is 10.2. The molecule has 2 aromatic carbocycles. The number of halogens is 3. The fraction of sp³-hybridized carbons (Fsp3) is 0.333. The molecule has 0 radical (unpaired) electrons. The number of hydrogen-bond acceptors (Lipinski definition) is 5. The number of benzene rings is 2. The van der Waals surface area contributed by atoms with Gasteiger partial charge in [-0.2, -0.15) is 21.6 Å². The van der Waals surface area contributed by atoms with Gasteiger partial charge in [-0.05, 0) is 42.8 Å². The largest absolute Gasteiger partial charge is 0.416 e. The number of sulfonamides is 1. The Morgan fingerprint density at radius 3 is 2.55 bits per heavy atom. The van der Waals surface area contributed by atoms with E-state index in [0.717, 1.165) is 17.7 Å². The van der Waals surface area contributed by atoms with Crippen molar-refractivity contribution in [1.82, 2.24) is 9.80 Å². The number of rotatable bonds is 3. The summed E-state index contributed by atoms with van der Waals surface area (Å²) >= 11 is 0. The summed E-state index contributed by atoms with van der Waals surface area (Å²) in [6.07, 6.45) is -4.49. The van der Waals surface area contributed by atoms with E-state index in [-0.39, 0.29) is 17.1 Å². The molecule has 0 unspecified atom stereocenters. The third kappa shape index (κ3) is 5.28. The zero-order valence-corrected chi connectivity index (χ0v) is 18.5. The smallest absolute Gasteiger partial charge is 0.341 e. The molecule has 12 heteroatoms. The maximum Gasteiger partial charge on any atom is 0.416 e. The normalized spacial score (nSPS) is 18.2. The Morgan fingerprint density at radius 1 is 1.12 bits per heavy atom. The molecule has 2 aliphatic heterocycles. The molecule has 0 aromatic heterocycles. The number of fused-ring (bicyclic) bond motifs is 1. The number of piperazine rings is 1. The molecule has 33 heavy (non-hydrogen) atoms. The Balaban J connectivity index is 1.34. The average Bonchev–Trinajstić information content (AvgIpc) is 2.74. The van der Waals surface area contributed by atoms with E-state index in [1.54, 1.807) is 19.1 Å². The number of carbonyl (C=O) groups is 1. The molecular weight excluding hydrogens is 459 g/mol. The second-order valence-electron chi connectivity index (χ2n) is 7.91. The van der Waals surface area contributed by atoms with Crippen molar-refractivity contribution in [2.75, 3.05) is 43.4 Å². The summed E-state index contributed by atoms with van der Waals surface area (Å²) in [5, 5.41) is 5.56. The summed E-state index contributed by atoms with van der Waals surface area (Å²) < 4.78 is 67.5. The molecule has 2 aromatic rings. The summed E-state index contributed by atoms with van der Waals surface area (Å²) in [5.41, 5.74) is 0.525. The van der Waals surface area contributed by atoms with Gasteiger partial charge in [0.05, 0.1) is 17.8 Å². The van der Waals surface area contributed by atoms with Crippen molar-refractivity contribution in [1.29, 1.82) is 0 Å². The van der Waals surface area contributed by atoms with Gasteiger partial charge < -0.3 is 15.5 Å². The van der Waals surface area contributed by atoms with E-state index in [0.29, 0.717) is 37.7 Å². The zero-order chi connectivity index (χ0) is 23.8. The molecule has 0 saturated carbocycles. The van der Waals surface area contributed by atoms with Crippen LogP contribution in [0.2, 0.25) is 0 Å². The summed E-state index contributed by atoms with van der Waals surface area (Å²) in [5.74, 6) is 0.299. The first kappa shape index (κ1) is 23.1. The molecule has 176 valence electrons. The molecule has 0 bridgehead atoms. The van der Waals surface area contributed by atoms with E-state index in [2.05, 4.69) is 15.0 Å². The van der Waals surface area contributed by atoms with E-state index in [4.69, 9.17) is 0 Å². The third-order valence-corrected chi connectivity index (χ3v) is 6.75. The van der Waals surface area contributed by atoms with Gasteiger partial charge in [-0.1, -0.05) is 12.1 Å². The molecule has 0 atom stereocenters. The fourth-order valence-corrected chi connectivity index (χ4v) is 4.91. The predicted octanol–water partition coefficient (Wildman–Crippen LogP) is 3.38. The van der Waals surface area contributed by atoms with Crippen LogP contribution in [-0.2, 0) is 16.2 Å². The van der Waals surface area contributed by atoms with Gasteiger partial charge >= 0.3 is 12.2 Å². The van der Waals surface area contributed by atoms with E-state index < -0.39 is 27.8 Å². The summed E-state index contributed by atoms with van der Waals surface area (Å²) in [4.78, 5) is 16.1. The molecule has 2 amide bonds. The third-order valence-electron chi connectivity index (χ3n) is 5.40. The molecule has 2 N–H and O–H groups in total. The molecule has 2 aliphatic rings. The van der Waals surface area contributed by atoms with Crippen molar-refractivity contribution in [2.45, 2.75) is 18.0 Å². The highest BCUT2D eigenvalue weighted by Crippen LogP contribution is 2.31. The molecule has 1 fully saturated rings. The number of hydrogen-bond donors (Lipinski definition) is 2. The van der Waals surface area contributed by atoms with Gasteiger partial charge in [0.25, 0.3) is 10.0 Å². The Kier molecular flexibility index (Phi) is 6.06. The van der Waals surface area contributed by atoms with Gasteiger partial charge in [-0.25, -0.2) is 4.79 Å². The van der Waals surface area contributed by atoms with Crippen LogP contribution in [0.3, 0.4) is 0 Å². The molecule has 0 aliphatic carbocycles. The highest BCUT2D eigenvalue weighted by Gasteiger charge is 2.31. The first-order chi connectivity index (χ1) is 15.5. The van der Waals surface area contributed by atoms with Crippen LogP contribution in [0.5, 0.6) is 0 Å². The van der Waals surface area contributed by atoms with Gasteiger partial charge in [0.15, 0.2) is 0 Å². The van der Waals surface area contributed by atoms with Gasteiger partial charge in [0.1, 0.15) is 10.7 Å². The number of carbonyl (C=O) groups excluding carboxylic acids is 1. The van der Waals surface area contributed by atoms with Crippen LogP contribution < -0.4 is 10.6 Å². The van der Waals surface area contributed by atoms with Crippen LogP contribution in [-0.4, -0.2) is 62.8 Å². The van der Waals surface area contributed by atoms with Crippen LogP contribution in [0.25, 0.3) is 0 Å². The van der Waals surface area contributed by atoms with E-state index in [1.807, 2.05) is 11.0 Å². The van der Waals surface area contributed by atoms with E-state index >= 15 is 0 Å². The maximum absolute atomic E-state index is 12.9. The quantitative estimate of drug-likeness (QED) is 0.701. The molecule has 8 nitrogen and oxygen atoms in total. The molecule has 4 rings (SSSR count). The van der Waals surface area contributed by atoms with E-state index in [1.165, 1.54) is 17.0 Å². The Hall–Kier alpha value is -3.12. The van der Waals surface area contributed by atoms with Gasteiger partial charge in [-0.3, -0.25) is 4.90 Å². The first-order valence-corrected chi connectivity index (χ1v) is 11.6. The average molecular weight is 482 g/mol. The van der Waals surface area contributed by atoms with Gasteiger partial charge in [-0.15, -0.1) is 4.40 Å². The van der Waals surface area contributed by atoms with Crippen molar-refractivity contribution in [3.05, 3.63) is 53.6 Å². The minimum Gasteiger partial charge on any atom is -0.341 e. The number of nitrogens with zero attached hydrogens (tertiary/aromatic N) is 3. The predicted molar refractivity (Wildman–Crippen MR) is 118 cm³/mol. The maximum atomic E-state index is 12.9. The number of aryl methyl sites for hydroxylation is 1. The van der Waals surface area contributed by atoms with Crippen LogP contribution >= 0.6 is 0 Å². The number of nitrogens with one attached hydrogen (secondary N) is 2. The lowest BCUT2D eigenvalue weighted by Gasteiger charge is -2.35. The summed E-state index contributed by atoms with van der Waals surface area (Å²) in [7, 11) is -3.79. The van der Waals surface area contributed by atoms with Crippen molar-refractivity contribution in [3.63, 3.8) is 0 Å². The lowest BCUT2D eigenvalue weighted by atomic mass is 10.2. The van der Waals surface area contributed by atoms with Crippen LogP contribution in [0.4, 0.5) is 29.3 Å². The Morgan fingerprint density at radius 2 is 1.85 bits per heavy atom. The standard InChI is InChI=1S/C21H22F3N5O3S/c1-14-5-6-17-18(11-14)33(31,32)27-19(26-17)13-28-7-9-29(10-8-28)20(30)25-16-4-2-3-15(12-16)21(22,23)24/h2-6,11-12H,7-10,13H2,1H3,(H,25,30)(H,26,27). The fourth-order valence-electron chi connectivity index (χ4n) is 3.68. The topological polar surface area (TPSA) is 94.1 Å². The van der Waals surface area contributed by atoms with Crippen LogP contribution in [0, 0.1) is 6.92 Å². The number of alkyl halides is 3. The van der Waals surface area contributed by atoms with Crippen molar-refractivity contribution in [2.24, 2.45) is 4.40 Å². The Bertz CT molecular complexity index is 1210. The van der Waals surface area contributed by atoms with Crippen LogP contribution in [0.15, 0.2) is 51.8 Å². The van der Waals surface area contributed by atoms with Crippen molar-refractivity contribution >= 4 is 33.3 Å². The molecular formula is C21H22F3N5O3S. The minimum absolute atomic E-state index is 0.0668.